The van der Waals surface area contributed by atoms with Gasteiger partial charge in [0.05, 0.1) is 0 Å². The lowest BCUT2D eigenvalue weighted by atomic mass is 9.97. The Bertz CT molecular complexity index is 535. The van der Waals surface area contributed by atoms with Gasteiger partial charge < -0.3 is 15.9 Å². The normalized spacial score (nSPS) is 10.9. The molecule has 0 aliphatic rings. The zero-order valence-corrected chi connectivity index (χ0v) is 9.20. The Morgan fingerprint density at radius 3 is 2.69 bits per heavy atom. The molecule has 0 atom stereocenters. The molecule has 16 heavy (non-hydrogen) atoms. The van der Waals surface area contributed by atoms with Crippen molar-refractivity contribution in [3.8, 4) is 11.5 Å². The van der Waals surface area contributed by atoms with Crippen molar-refractivity contribution >= 4 is 10.8 Å². The molecule has 0 radical (unpaired) electrons. The SMILES string of the molecule is Cc1c(O)c(O)cc2cccc(CCN)c12. The van der Waals surface area contributed by atoms with Gasteiger partial charge >= 0.3 is 0 Å². The second kappa shape index (κ2) is 4.02. The molecule has 2 aromatic rings. The first-order valence-electron chi connectivity index (χ1n) is 5.28. The van der Waals surface area contributed by atoms with Gasteiger partial charge in [-0.2, -0.15) is 0 Å². The molecule has 0 aliphatic carbocycles. The Labute approximate surface area is 94.1 Å². The lowest BCUT2D eigenvalue weighted by molar-refractivity contribution is 0.402. The van der Waals surface area contributed by atoms with Gasteiger partial charge in [0.2, 0.25) is 0 Å². The minimum absolute atomic E-state index is 0.0445. The number of aryl methyl sites for hydroxylation is 1. The van der Waals surface area contributed by atoms with E-state index in [1.807, 2.05) is 18.2 Å². The monoisotopic (exact) mass is 217 g/mol. The molecule has 0 heterocycles. The predicted molar refractivity (Wildman–Crippen MR) is 64.8 cm³/mol. The fraction of sp³-hybridized carbons (Fsp3) is 0.231. The van der Waals surface area contributed by atoms with Crippen molar-refractivity contribution in [2.24, 2.45) is 5.73 Å². The van der Waals surface area contributed by atoms with Crippen LogP contribution < -0.4 is 5.73 Å². The van der Waals surface area contributed by atoms with Crippen molar-refractivity contribution in [3.63, 3.8) is 0 Å². The highest BCUT2D eigenvalue weighted by Gasteiger charge is 2.10. The highest BCUT2D eigenvalue weighted by molar-refractivity contribution is 5.92. The van der Waals surface area contributed by atoms with E-state index >= 15 is 0 Å². The molecule has 0 saturated heterocycles. The summed E-state index contributed by atoms with van der Waals surface area (Å²) in [5.41, 5.74) is 7.37. The van der Waals surface area contributed by atoms with Crippen molar-refractivity contribution in [3.05, 3.63) is 35.4 Å². The molecule has 0 bridgehead atoms. The fourth-order valence-electron chi connectivity index (χ4n) is 2.09. The molecule has 0 unspecified atom stereocenters. The maximum atomic E-state index is 9.72. The molecule has 0 fully saturated rings. The quantitative estimate of drug-likeness (QED) is 0.674. The maximum Gasteiger partial charge on any atom is 0.161 e. The molecule has 0 saturated carbocycles. The summed E-state index contributed by atoms with van der Waals surface area (Å²) in [6, 6.07) is 7.43. The summed E-state index contributed by atoms with van der Waals surface area (Å²) in [6.07, 6.45) is 0.766. The van der Waals surface area contributed by atoms with Gasteiger partial charge in [0, 0.05) is 5.56 Å². The van der Waals surface area contributed by atoms with E-state index in [4.69, 9.17) is 5.73 Å². The second-order valence-electron chi connectivity index (χ2n) is 3.92. The topological polar surface area (TPSA) is 66.5 Å². The number of fused-ring (bicyclic) bond motifs is 1. The van der Waals surface area contributed by atoms with Crippen molar-refractivity contribution in [2.45, 2.75) is 13.3 Å². The number of aromatic hydroxyl groups is 2. The highest BCUT2D eigenvalue weighted by Crippen LogP contribution is 2.36. The van der Waals surface area contributed by atoms with Gasteiger partial charge in [0.1, 0.15) is 0 Å². The molecule has 2 aromatic carbocycles. The van der Waals surface area contributed by atoms with E-state index in [-0.39, 0.29) is 11.5 Å². The Kier molecular flexibility index (Phi) is 2.71. The minimum atomic E-state index is -0.0742. The van der Waals surface area contributed by atoms with Gasteiger partial charge in [-0.15, -0.1) is 0 Å². The van der Waals surface area contributed by atoms with Crippen LogP contribution in [0.15, 0.2) is 24.3 Å². The summed E-state index contributed by atoms with van der Waals surface area (Å²) in [5, 5.41) is 21.2. The van der Waals surface area contributed by atoms with Crippen molar-refractivity contribution < 1.29 is 10.2 Å². The number of hydrogen-bond donors (Lipinski definition) is 3. The van der Waals surface area contributed by atoms with Gasteiger partial charge in [0.25, 0.3) is 0 Å². The van der Waals surface area contributed by atoms with Crippen LogP contribution in [-0.4, -0.2) is 16.8 Å². The lowest BCUT2D eigenvalue weighted by Crippen LogP contribution is -2.03. The van der Waals surface area contributed by atoms with Crippen LogP contribution in [0.5, 0.6) is 11.5 Å². The third kappa shape index (κ3) is 1.59. The van der Waals surface area contributed by atoms with E-state index in [9.17, 15) is 10.2 Å². The highest BCUT2D eigenvalue weighted by atomic mass is 16.3. The first-order chi connectivity index (χ1) is 7.65. The van der Waals surface area contributed by atoms with Crippen molar-refractivity contribution in [1.29, 1.82) is 0 Å². The summed E-state index contributed by atoms with van der Waals surface area (Å²) < 4.78 is 0. The van der Waals surface area contributed by atoms with E-state index in [1.165, 1.54) is 0 Å². The molecular weight excluding hydrogens is 202 g/mol. The lowest BCUT2D eigenvalue weighted by Gasteiger charge is -2.11. The number of benzene rings is 2. The van der Waals surface area contributed by atoms with E-state index in [0.29, 0.717) is 12.1 Å². The molecule has 0 aliphatic heterocycles. The molecule has 3 heteroatoms. The van der Waals surface area contributed by atoms with E-state index in [2.05, 4.69) is 0 Å². The van der Waals surface area contributed by atoms with Gasteiger partial charge in [-0.3, -0.25) is 0 Å². The number of phenolic OH excluding ortho intramolecular Hbond substituents is 2. The zero-order chi connectivity index (χ0) is 11.7. The summed E-state index contributed by atoms with van der Waals surface area (Å²) in [5.74, 6) is -0.119. The molecule has 0 spiro atoms. The Morgan fingerprint density at radius 1 is 1.25 bits per heavy atom. The molecule has 84 valence electrons. The molecule has 4 N–H and O–H groups in total. The average Bonchev–Trinajstić information content (AvgIpc) is 2.26. The first kappa shape index (κ1) is 10.8. The summed E-state index contributed by atoms with van der Waals surface area (Å²) in [4.78, 5) is 0. The van der Waals surface area contributed by atoms with Gasteiger partial charge in [-0.25, -0.2) is 0 Å². The van der Waals surface area contributed by atoms with Crippen LogP contribution in [0.25, 0.3) is 10.8 Å². The smallest absolute Gasteiger partial charge is 0.161 e. The number of nitrogens with two attached hydrogens (primary N) is 1. The van der Waals surface area contributed by atoms with Crippen LogP contribution >= 0.6 is 0 Å². The number of hydrogen-bond acceptors (Lipinski definition) is 3. The maximum absolute atomic E-state index is 9.72. The van der Waals surface area contributed by atoms with Crippen LogP contribution in [0.2, 0.25) is 0 Å². The average molecular weight is 217 g/mol. The third-order valence-electron chi connectivity index (χ3n) is 2.86. The predicted octanol–water partition coefficient (Wildman–Crippen LogP) is 2.06. The van der Waals surface area contributed by atoms with Crippen LogP contribution in [0, 0.1) is 6.92 Å². The standard InChI is InChI=1S/C13H15NO2/c1-8-12-9(5-6-14)3-2-4-10(12)7-11(15)13(8)16/h2-4,7,15-16H,5-6,14H2,1H3. The molecule has 0 aromatic heterocycles. The van der Waals surface area contributed by atoms with Crippen molar-refractivity contribution in [2.75, 3.05) is 6.54 Å². The second-order valence-corrected chi connectivity index (χ2v) is 3.92. The summed E-state index contributed by atoms with van der Waals surface area (Å²) in [6.45, 7) is 2.37. The summed E-state index contributed by atoms with van der Waals surface area (Å²) in [7, 11) is 0. The van der Waals surface area contributed by atoms with Gasteiger partial charge in [-0.05, 0) is 42.3 Å². The fourth-order valence-corrected chi connectivity index (χ4v) is 2.09. The van der Waals surface area contributed by atoms with Crippen molar-refractivity contribution in [1.82, 2.24) is 0 Å². The van der Waals surface area contributed by atoms with E-state index in [1.54, 1.807) is 13.0 Å². The zero-order valence-electron chi connectivity index (χ0n) is 9.20. The van der Waals surface area contributed by atoms with Crippen LogP contribution in [0.1, 0.15) is 11.1 Å². The van der Waals surface area contributed by atoms with Crippen LogP contribution in [0.4, 0.5) is 0 Å². The van der Waals surface area contributed by atoms with E-state index in [0.717, 1.165) is 22.8 Å². The Hall–Kier alpha value is -1.74. The van der Waals surface area contributed by atoms with Gasteiger partial charge in [0.15, 0.2) is 11.5 Å². The van der Waals surface area contributed by atoms with Crippen LogP contribution in [0.3, 0.4) is 0 Å². The Morgan fingerprint density at radius 2 is 2.00 bits per heavy atom. The molecular formula is C13H15NO2. The first-order valence-corrected chi connectivity index (χ1v) is 5.28. The summed E-state index contributed by atoms with van der Waals surface area (Å²) >= 11 is 0. The number of phenols is 2. The van der Waals surface area contributed by atoms with Gasteiger partial charge in [-0.1, -0.05) is 18.2 Å². The largest absolute Gasteiger partial charge is 0.504 e. The third-order valence-corrected chi connectivity index (χ3v) is 2.86. The molecule has 3 nitrogen and oxygen atoms in total. The minimum Gasteiger partial charge on any atom is -0.504 e. The number of rotatable bonds is 2. The van der Waals surface area contributed by atoms with Crippen LogP contribution in [-0.2, 0) is 6.42 Å². The molecule has 2 rings (SSSR count). The Balaban J connectivity index is 2.80. The van der Waals surface area contributed by atoms with E-state index < -0.39 is 0 Å². The molecule has 0 amide bonds.